The first kappa shape index (κ1) is 14.5. The number of aromatic nitrogens is 1. The first-order valence-corrected chi connectivity index (χ1v) is 9.33. The van der Waals surface area contributed by atoms with Crippen LogP contribution < -0.4 is 5.32 Å². The molecule has 3 heteroatoms. The molecule has 1 aromatic rings. The van der Waals surface area contributed by atoms with E-state index in [1.165, 1.54) is 68.5 Å². The molecule has 1 aromatic heterocycles. The van der Waals surface area contributed by atoms with Crippen molar-refractivity contribution in [2.75, 3.05) is 6.54 Å². The molecule has 0 unspecified atom stereocenters. The summed E-state index contributed by atoms with van der Waals surface area (Å²) in [6.45, 7) is 5.63. The number of hydrogen-bond donors (Lipinski definition) is 1. The molecule has 1 saturated carbocycles. The quantitative estimate of drug-likeness (QED) is 0.888. The Kier molecular flexibility index (Phi) is 4.46. The maximum Gasteiger partial charge on any atom is 0.113 e. The van der Waals surface area contributed by atoms with Gasteiger partial charge in [-0.1, -0.05) is 20.3 Å². The molecule has 1 fully saturated rings. The predicted octanol–water partition coefficient (Wildman–Crippen LogP) is 4.43. The Morgan fingerprint density at radius 3 is 2.60 bits per heavy atom. The summed E-state index contributed by atoms with van der Waals surface area (Å²) in [5, 5.41) is 5.22. The standard InChI is InChI=1S/C17H28N2S/c1-3-13-9-11-17(12-10-13,18-4-2)16-19-14-7-5-6-8-15(14)20-16/h13,18H,3-12H2,1-2H3. The minimum absolute atomic E-state index is 0.197. The van der Waals surface area contributed by atoms with E-state index in [-0.39, 0.29) is 5.54 Å². The molecule has 0 bridgehead atoms. The molecule has 0 atom stereocenters. The van der Waals surface area contributed by atoms with Crippen LogP contribution in [0.25, 0.3) is 0 Å². The Morgan fingerprint density at radius 1 is 1.20 bits per heavy atom. The predicted molar refractivity (Wildman–Crippen MR) is 86.4 cm³/mol. The fraction of sp³-hybridized carbons (Fsp3) is 0.824. The van der Waals surface area contributed by atoms with Gasteiger partial charge < -0.3 is 5.32 Å². The zero-order chi connectivity index (χ0) is 14.0. The van der Waals surface area contributed by atoms with Crippen molar-refractivity contribution in [1.82, 2.24) is 10.3 Å². The van der Waals surface area contributed by atoms with E-state index in [0.717, 1.165) is 12.5 Å². The van der Waals surface area contributed by atoms with Gasteiger partial charge in [-0.25, -0.2) is 4.98 Å². The summed E-state index contributed by atoms with van der Waals surface area (Å²) in [5.74, 6) is 0.941. The molecule has 0 aromatic carbocycles. The fourth-order valence-electron chi connectivity index (χ4n) is 3.94. The molecule has 0 aliphatic heterocycles. The minimum Gasteiger partial charge on any atom is -0.306 e. The molecule has 0 amide bonds. The highest BCUT2D eigenvalue weighted by molar-refractivity contribution is 7.11. The number of rotatable bonds is 4. The van der Waals surface area contributed by atoms with E-state index in [1.54, 1.807) is 4.88 Å². The van der Waals surface area contributed by atoms with Crippen LogP contribution in [0.4, 0.5) is 0 Å². The number of thiazole rings is 1. The summed E-state index contributed by atoms with van der Waals surface area (Å²) in [6, 6.07) is 0. The number of nitrogens with zero attached hydrogens (tertiary/aromatic N) is 1. The zero-order valence-corrected chi connectivity index (χ0v) is 13.8. The summed E-state index contributed by atoms with van der Waals surface area (Å²) in [4.78, 5) is 6.66. The van der Waals surface area contributed by atoms with Gasteiger partial charge in [0, 0.05) is 4.88 Å². The van der Waals surface area contributed by atoms with Gasteiger partial charge in [0.05, 0.1) is 11.2 Å². The molecule has 2 aliphatic rings. The molecule has 2 aliphatic carbocycles. The molecule has 112 valence electrons. The van der Waals surface area contributed by atoms with Crippen molar-refractivity contribution < 1.29 is 0 Å². The van der Waals surface area contributed by atoms with E-state index in [9.17, 15) is 0 Å². The molecule has 0 spiro atoms. The Labute approximate surface area is 127 Å². The highest BCUT2D eigenvalue weighted by Crippen LogP contribution is 2.43. The van der Waals surface area contributed by atoms with Crippen LogP contribution in [-0.2, 0) is 18.4 Å². The average Bonchev–Trinajstić information content (AvgIpc) is 2.93. The third kappa shape index (κ3) is 2.67. The van der Waals surface area contributed by atoms with Crippen LogP contribution in [0.3, 0.4) is 0 Å². The summed E-state index contributed by atoms with van der Waals surface area (Å²) < 4.78 is 0. The van der Waals surface area contributed by atoms with Gasteiger partial charge in [-0.2, -0.15) is 0 Å². The first-order chi connectivity index (χ1) is 9.77. The first-order valence-electron chi connectivity index (χ1n) is 8.51. The van der Waals surface area contributed by atoms with Crippen molar-refractivity contribution >= 4 is 11.3 Å². The molecular formula is C17H28N2S. The van der Waals surface area contributed by atoms with Crippen molar-refractivity contribution in [2.24, 2.45) is 5.92 Å². The van der Waals surface area contributed by atoms with Gasteiger partial charge in [0.2, 0.25) is 0 Å². The van der Waals surface area contributed by atoms with Crippen molar-refractivity contribution in [2.45, 2.75) is 77.2 Å². The second-order valence-corrected chi connectivity index (χ2v) is 7.64. The van der Waals surface area contributed by atoms with Gasteiger partial charge in [0.25, 0.3) is 0 Å². The Morgan fingerprint density at radius 2 is 1.95 bits per heavy atom. The van der Waals surface area contributed by atoms with Crippen LogP contribution in [0.2, 0.25) is 0 Å². The zero-order valence-electron chi connectivity index (χ0n) is 13.0. The van der Waals surface area contributed by atoms with Gasteiger partial charge in [-0.3, -0.25) is 0 Å². The highest BCUT2D eigenvalue weighted by atomic mass is 32.1. The van der Waals surface area contributed by atoms with E-state index < -0.39 is 0 Å². The maximum absolute atomic E-state index is 5.07. The summed E-state index contributed by atoms with van der Waals surface area (Å²) in [6.07, 6.45) is 11.8. The van der Waals surface area contributed by atoms with E-state index in [2.05, 4.69) is 19.2 Å². The summed E-state index contributed by atoms with van der Waals surface area (Å²) >= 11 is 2.02. The van der Waals surface area contributed by atoms with Gasteiger partial charge in [-0.05, 0) is 63.8 Å². The lowest BCUT2D eigenvalue weighted by Crippen LogP contribution is -2.45. The minimum atomic E-state index is 0.197. The van der Waals surface area contributed by atoms with Crippen LogP contribution in [0.15, 0.2) is 0 Å². The van der Waals surface area contributed by atoms with E-state index in [0.29, 0.717) is 0 Å². The van der Waals surface area contributed by atoms with E-state index in [4.69, 9.17) is 4.98 Å². The second-order valence-electron chi connectivity index (χ2n) is 6.56. The molecule has 1 N–H and O–H groups in total. The molecule has 20 heavy (non-hydrogen) atoms. The SMILES string of the molecule is CCNC1(c2nc3c(s2)CCCC3)CCC(CC)CC1. The molecule has 1 heterocycles. The Balaban J connectivity index is 1.84. The normalized spacial score (nSPS) is 30.2. The molecule has 0 radical (unpaired) electrons. The topological polar surface area (TPSA) is 24.9 Å². The van der Waals surface area contributed by atoms with Crippen molar-refractivity contribution in [1.29, 1.82) is 0 Å². The van der Waals surface area contributed by atoms with Crippen molar-refractivity contribution in [3.8, 4) is 0 Å². The number of nitrogens with one attached hydrogen (secondary N) is 1. The van der Waals surface area contributed by atoms with Crippen LogP contribution >= 0.6 is 11.3 Å². The average molecular weight is 292 g/mol. The third-order valence-corrected chi connectivity index (χ3v) is 6.67. The summed E-state index contributed by atoms with van der Waals surface area (Å²) in [7, 11) is 0. The monoisotopic (exact) mass is 292 g/mol. The van der Waals surface area contributed by atoms with Crippen LogP contribution in [0.1, 0.15) is 74.4 Å². The summed E-state index contributed by atoms with van der Waals surface area (Å²) in [5.41, 5.74) is 1.62. The molecule has 3 rings (SSSR count). The third-order valence-electron chi connectivity index (χ3n) is 5.31. The van der Waals surface area contributed by atoms with Gasteiger partial charge >= 0.3 is 0 Å². The maximum atomic E-state index is 5.07. The molecule has 0 saturated heterocycles. The van der Waals surface area contributed by atoms with Crippen molar-refractivity contribution in [3.05, 3.63) is 15.6 Å². The number of fused-ring (bicyclic) bond motifs is 1. The number of aryl methyl sites for hydroxylation is 2. The van der Waals surface area contributed by atoms with Gasteiger partial charge in [-0.15, -0.1) is 11.3 Å². The largest absolute Gasteiger partial charge is 0.306 e. The molecule has 2 nitrogen and oxygen atoms in total. The highest BCUT2D eigenvalue weighted by Gasteiger charge is 2.38. The van der Waals surface area contributed by atoms with Crippen LogP contribution in [0, 0.1) is 5.92 Å². The lowest BCUT2D eigenvalue weighted by atomic mass is 9.76. The van der Waals surface area contributed by atoms with Gasteiger partial charge in [0.1, 0.15) is 5.01 Å². The van der Waals surface area contributed by atoms with E-state index >= 15 is 0 Å². The van der Waals surface area contributed by atoms with Gasteiger partial charge in [0.15, 0.2) is 0 Å². The Hall–Kier alpha value is -0.410. The second kappa shape index (κ2) is 6.15. The van der Waals surface area contributed by atoms with Crippen molar-refractivity contribution in [3.63, 3.8) is 0 Å². The smallest absolute Gasteiger partial charge is 0.113 e. The number of hydrogen-bond acceptors (Lipinski definition) is 3. The van der Waals surface area contributed by atoms with E-state index in [1.807, 2.05) is 11.3 Å². The lowest BCUT2D eigenvalue weighted by molar-refractivity contribution is 0.187. The Bertz CT molecular complexity index is 420. The van der Waals surface area contributed by atoms with Crippen LogP contribution in [-0.4, -0.2) is 11.5 Å². The van der Waals surface area contributed by atoms with Crippen LogP contribution in [0.5, 0.6) is 0 Å². The fourth-order valence-corrected chi connectivity index (χ4v) is 5.31. The lowest BCUT2D eigenvalue weighted by Gasteiger charge is -2.39. The molecular weight excluding hydrogens is 264 g/mol.